The van der Waals surface area contributed by atoms with Crippen molar-refractivity contribution in [1.82, 2.24) is 9.97 Å². The van der Waals surface area contributed by atoms with E-state index in [0.717, 1.165) is 25.9 Å². The molecular formula is C10H15ClN4O. The van der Waals surface area contributed by atoms with Crippen LogP contribution >= 0.6 is 11.6 Å². The minimum absolute atomic E-state index is 0.234. The number of hydrogen-bond donors (Lipinski definition) is 2. The molecule has 0 amide bonds. The topological polar surface area (TPSA) is 75.3 Å². The molecule has 88 valence electrons. The normalized spacial score (nSPS) is 20.4. The lowest BCUT2D eigenvalue weighted by Gasteiger charge is -2.18. The van der Waals surface area contributed by atoms with Crippen molar-refractivity contribution in [3.8, 4) is 0 Å². The van der Waals surface area contributed by atoms with Crippen LogP contribution in [0.1, 0.15) is 12.8 Å². The molecule has 16 heavy (non-hydrogen) atoms. The highest BCUT2D eigenvalue weighted by molar-refractivity contribution is 6.32. The van der Waals surface area contributed by atoms with E-state index in [9.17, 15) is 0 Å². The lowest BCUT2D eigenvalue weighted by Crippen LogP contribution is -2.22. The number of nitrogens with two attached hydrogens (primary N) is 1. The predicted molar refractivity (Wildman–Crippen MR) is 63.5 cm³/mol. The van der Waals surface area contributed by atoms with Crippen molar-refractivity contribution in [1.29, 1.82) is 0 Å². The summed E-state index contributed by atoms with van der Waals surface area (Å²) in [5.74, 6) is 1.46. The standard InChI is InChI=1S/C10H15ClN4O/c11-8-5-13-10(12)14-9(8)15-3-1-7(6-15)2-4-16/h5,7,16H,1-4,6H2,(H2,12,13,14). The van der Waals surface area contributed by atoms with Gasteiger partial charge in [0.05, 0.1) is 6.20 Å². The number of halogens is 1. The summed E-state index contributed by atoms with van der Waals surface area (Å²) in [6.07, 6.45) is 3.41. The SMILES string of the molecule is Nc1ncc(Cl)c(N2CCC(CCO)C2)n1. The molecule has 5 nitrogen and oxygen atoms in total. The average Bonchev–Trinajstić information content (AvgIpc) is 2.71. The molecule has 0 bridgehead atoms. The van der Waals surface area contributed by atoms with Gasteiger partial charge in [-0.2, -0.15) is 4.98 Å². The maximum absolute atomic E-state index is 8.89. The third-order valence-electron chi connectivity index (χ3n) is 2.87. The first kappa shape index (κ1) is 11.4. The van der Waals surface area contributed by atoms with E-state index in [1.54, 1.807) is 0 Å². The summed E-state index contributed by atoms with van der Waals surface area (Å²) in [5, 5.41) is 9.42. The number of aliphatic hydroxyl groups excluding tert-OH is 1. The summed E-state index contributed by atoms with van der Waals surface area (Å²) in [7, 11) is 0. The van der Waals surface area contributed by atoms with Gasteiger partial charge in [0.2, 0.25) is 5.95 Å². The Hall–Kier alpha value is -1.07. The lowest BCUT2D eigenvalue weighted by molar-refractivity contribution is 0.263. The van der Waals surface area contributed by atoms with Crippen LogP contribution in [0, 0.1) is 5.92 Å². The number of rotatable bonds is 3. The van der Waals surface area contributed by atoms with Crippen LogP contribution in [0.2, 0.25) is 5.02 Å². The summed E-state index contributed by atoms with van der Waals surface area (Å²) in [4.78, 5) is 10.1. The molecule has 6 heteroatoms. The molecule has 2 heterocycles. The van der Waals surface area contributed by atoms with Gasteiger partial charge in [-0.3, -0.25) is 0 Å². The molecule has 1 saturated heterocycles. The molecule has 0 spiro atoms. The summed E-state index contributed by atoms with van der Waals surface area (Å²) in [6, 6.07) is 0. The fraction of sp³-hybridized carbons (Fsp3) is 0.600. The molecule has 1 aliphatic heterocycles. The number of anilines is 2. The lowest BCUT2D eigenvalue weighted by atomic mass is 10.1. The second-order valence-electron chi connectivity index (χ2n) is 4.01. The van der Waals surface area contributed by atoms with Crippen molar-refractivity contribution in [3.63, 3.8) is 0 Å². The van der Waals surface area contributed by atoms with Crippen LogP contribution in [0.5, 0.6) is 0 Å². The molecule has 1 unspecified atom stereocenters. The quantitative estimate of drug-likeness (QED) is 0.825. The van der Waals surface area contributed by atoms with Gasteiger partial charge in [-0.15, -0.1) is 0 Å². The minimum Gasteiger partial charge on any atom is -0.396 e. The number of aromatic nitrogens is 2. The van der Waals surface area contributed by atoms with Gasteiger partial charge in [0, 0.05) is 19.7 Å². The Balaban J connectivity index is 2.11. The molecule has 1 aromatic rings. The van der Waals surface area contributed by atoms with Gasteiger partial charge >= 0.3 is 0 Å². The Bertz CT molecular complexity index is 374. The Morgan fingerprint density at radius 2 is 2.44 bits per heavy atom. The van der Waals surface area contributed by atoms with Crippen molar-refractivity contribution >= 4 is 23.4 Å². The molecular weight excluding hydrogens is 228 g/mol. The van der Waals surface area contributed by atoms with E-state index in [4.69, 9.17) is 22.4 Å². The zero-order valence-corrected chi connectivity index (χ0v) is 9.69. The van der Waals surface area contributed by atoms with Gasteiger partial charge in [-0.05, 0) is 18.8 Å². The van der Waals surface area contributed by atoms with Gasteiger partial charge in [-0.1, -0.05) is 11.6 Å². The summed E-state index contributed by atoms with van der Waals surface area (Å²) >= 11 is 6.03. The highest BCUT2D eigenvalue weighted by Crippen LogP contribution is 2.29. The van der Waals surface area contributed by atoms with Crippen molar-refractivity contribution in [2.75, 3.05) is 30.3 Å². The van der Waals surface area contributed by atoms with Crippen LogP contribution in [0.4, 0.5) is 11.8 Å². The maximum Gasteiger partial charge on any atom is 0.222 e. The van der Waals surface area contributed by atoms with Gasteiger partial charge in [0.25, 0.3) is 0 Å². The molecule has 1 aliphatic rings. The molecule has 1 atom stereocenters. The van der Waals surface area contributed by atoms with Crippen molar-refractivity contribution in [2.45, 2.75) is 12.8 Å². The zero-order chi connectivity index (χ0) is 11.5. The number of nitrogen functional groups attached to an aromatic ring is 1. The van der Waals surface area contributed by atoms with E-state index in [1.165, 1.54) is 6.20 Å². The summed E-state index contributed by atoms with van der Waals surface area (Å²) < 4.78 is 0. The van der Waals surface area contributed by atoms with E-state index in [1.807, 2.05) is 0 Å². The third-order valence-corrected chi connectivity index (χ3v) is 3.13. The molecule has 1 fully saturated rings. The largest absolute Gasteiger partial charge is 0.396 e. The van der Waals surface area contributed by atoms with E-state index >= 15 is 0 Å². The smallest absolute Gasteiger partial charge is 0.222 e. The van der Waals surface area contributed by atoms with Gasteiger partial charge in [0.15, 0.2) is 5.82 Å². The van der Waals surface area contributed by atoms with E-state index < -0.39 is 0 Å². The summed E-state index contributed by atoms with van der Waals surface area (Å²) in [6.45, 7) is 2.01. The molecule has 2 rings (SSSR count). The number of hydrogen-bond acceptors (Lipinski definition) is 5. The first-order valence-electron chi connectivity index (χ1n) is 5.34. The van der Waals surface area contributed by atoms with Crippen LogP contribution in [-0.4, -0.2) is 34.8 Å². The van der Waals surface area contributed by atoms with E-state index in [0.29, 0.717) is 16.8 Å². The number of aliphatic hydroxyl groups is 1. The van der Waals surface area contributed by atoms with Crippen molar-refractivity contribution in [3.05, 3.63) is 11.2 Å². The molecule has 3 N–H and O–H groups in total. The van der Waals surface area contributed by atoms with Crippen molar-refractivity contribution in [2.24, 2.45) is 5.92 Å². The van der Waals surface area contributed by atoms with Crippen LogP contribution in [-0.2, 0) is 0 Å². The van der Waals surface area contributed by atoms with Gasteiger partial charge in [0.1, 0.15) is 5.02 Å². The molecule has 0 aromatic carbocycles. The van der Waals surface area contributed by atoms with Crippen LogP contribution in [0.25, 0.3) is 0 Å². The van der Waals surface area contributed by atoms with Gasteiger partial charge < -0.3 is 15.7 Å². The van der Waals surface area contributed by atoms with Crippen molar-refractivity contribution < 1.29 is 5.11 Å². The Morgan fingerprint density at radius 3 is 3.19 bits per heavy atom. The molecule has 0 saturated carbocycles. The second kappa shape index (κ2) is 4.84. The zero-order valence-electron chi connectivity index (χ0n) is 8.93. The van der Waals surface area contributed by atoms with Crippen LogP contribution in [0.15, 0.2) is 6.20 Å². The van der Waals surface area contributed by atoms with Gasteiger partial charge in [-0.25, -0.2) is 4.98 Å². The molecule has 0 radical (unpaired) electrons. The third kappa shape index (κ3) is 2.36. The first-order chi connectivity index (χ1) is 7.70. The van der Waals surface area contributed by atoms with E-state index in [-0.39, 0.29) is 12.6 Å². The highest BCUT2D eigenvalue weighted by atomic mass is 35.5. The van der Waals surface area contributed by atoms with E-state index in [2.05, 4.69) is 14.9 Å². The fourth-order valence-corrected chi connectivity index (χ4v) is 2.25. The average molecular weight is 243 g/mol. The molecule has 0 aliphatic carbocycles. The monoisotopic (exact) mass is 242 g/mol. The fourth-order valence-electron chi connectivity index (χ4n) is 2.04. The Kier molecular flexibility index (Phi) is 3.46. The Labute approximate surface area is 99.3 Å². The number of nitrogens with zero attached hydrogens (tertiary/aromatic N) is 3. The first-order valence-corrected chi connectivity index (χ1v) is 5.72. The second-order valence-corrected chi connectivity index (χ2v) is 4.42. The van der Waals surface area contributed by atoms with Crippen LogP contribution in [0.3, 0.4) is 0 Å². The Morgan fingerprint density at radius 1 is 1.62 bits per heavy atom. The highest BCUT2D eigenvalue weighted by Gasteiger charge is 2.24. The minimum atomic E-state index is 0.234. The maximum atomic E-state index is 8.89. The predicted octanol–water partition coefficient (Wildman–Crippen LogP) is 0.921. The van der Waals surface area contributed by atoms with Crippen LogP contribution < -0.4 is 10.6 Å². The molecule has 1 aromatic heterocycles. The summed E-state index contributed by atoms with van der Waals surface area (Å²) in [5.41, 5.74) is 5.54.